The molecule has 5 aromatic heterocycles. The lowest BCUT2D eigenvalue weighted by molar-refractivity contribution is 0.677. The first-order valence-corrected chi connectivity index (χ1v) is 16.3. The molecule has 0 aliphatic heterocycles. The smallest absolute Gasteiger partial charge is 0.145 e. The zero-order valence-corrected chi connectivity index (χ0v) is 25.0. The van der Waals surface area contributed by atoms with E-state index in [2.05, 4.69) is 142 Å². The van der Waals surface area contributed by atoms with Crippen LogP contribution in [0.1, 0.15) is 0 Å². The average Bonchev–Trinajstić information content (AvgIpc) is 3.90. The van der Waals surface area contributed by atoms with Crippen molar-refractivity contribution in [2.75, 3.05) is 0 Å². The van der Waals surface area contributed by atoms with E-state index in [1.165, 1.54) is 109 Å². The Labute approximate surface area is 265 Å². The van der Waals surface area contributed by atoms with Crippen molar-refractivity contribution in [1.29, 1.82) is 0 Å². The van der Waals surface area contributed by atoms with E-state index in [-0.39, 0.29) is 0 Å². The molecule has 13 aromatic rings. The van der Waals surface area contributed by atoms with Gasteiger partial charge >= 0.3 is 0 Å². The first-order chi connectivity index (χ1) is 23.3. The third-order valence-electron chi connectivity index (χ3n) is 11.1. The summed E-state index contributed by atoms with van der Waals surface area (Å²) >= 11 is 0. The van der Waals surface area contributed by atoms with Crippen LogP contribution in [0.15, 0.2) is 138 Å². The summed E-state index contributed by atoms with van der Waals surface area (Å²) in [6.07, 6.45) is 0. The van der Waals surface area contributed by atoms with Crippen LogP contribution < -0.4 is 0 Å². The van der Waals surface area contributed by atoms with Crippen LogP contribution in [0.5, 0.6) is 0 Å². The molecule has 47 heavy (non-hydrogen) atoms. The Hall–Kier alpha value is -6.32. The topological polar surface area (TPSA) is 22.0 Å². The SMILES string of the molecule is c1ccc2cc3c(cc2c1)c1cccc2c4c5oc6c(ccc7c6c6cccc8c9cc%10ccccc%10cc9n7c86)c5ccc4n3c12. The van der Waals surface area contributed by atoms with Gasteiger partial charge in [0.2, 0.25) is 0 Å². The quantitative estimate of drug-likeness (QED) is 0.171. The molecule has 0 radical (unpaired) electrons. The second kappa shape index (κ2) is 7.55. The molecular weight excluding hydrogens is 572 g/mol. The molecule has 0 N–H and O–H groups in total. The van der Waals surface area contributed by atoms with Crippen molar-refractivity contribution in [3.8, 4) is 0 Å². The first-order valence-electron chi connectivity index (χ1n) is 16.3. The van der Waals surface area contributed by atoms with E-state index in [1.54, 1.807) is 0 Å². The predicted octanol–water partition coefficient (Wildman–Crippen LogP) is 12.2. The molecule has 0 unspecified atom stereocenters. The number of benzene rings is 8. The molecule has 0 fully saturated rings. The molecule has 3 nitrogen and oxygen atoms in total. The van der Waals surface area contributed by atoms with Gasteiger partial charge in [-0.3, -0.25) is 0 Å². The molecule has 5 heterocycles. The van der Waals surface area contributed by atoms with Crippen molar-refractivity contribution in [1.82, 2.24) is 8.80 Å². The molecule has 214 valence electrons. The Balaban J connectivity index is 1.21. The second-order valence-electron chi connectivity index (χ2n) is 13.3. The molecule has 0 saturated carbocycles. The summed E-state index contributed by atoms with van der Waals surface area (Å²) in [5.74, 6) is 0. The van der Waals surface area contributed by atoms with Gasteiger partial charge in [-0.1, -0.05) is 84.9 Å². The maximum absolute atomic E-state index is 7.14. The Morgan fingerprint density at radius 3 is 1.21 bits per heavy atom. The molecule has 8 aromatic carbocycles. The van der Waals surface area contributed by atoms with E-state index >= 15 is 0 Å². The van der Waals surface area contributed by atoms with E-state index in [4.69, 9.17) is 4.42 Å². The van der Waals surface area contributed by atoms with Crippen LogP contribution in [0.25, 0.3) is 120 Å². The summed E-state index contributed by atoms with van der Waals surface area (Å²) < 4.78 is 12.1. The van der Waals surface area contributed by atoms with Crippen molar-refractivity contribution in [3.63, 3.8) is 0 Å². The van der Waals surface area contributed by atoms with Crippen molar-refractivity contribution < 1.29 is 4.42 Å². The largest absolute Gasteiger partial charge is 0.455 e. The van der Waals surface area contributed by atoms with Crippen LogP contribution in [0, 0.1) is 0 Å². The van der Waals surface area contributed by atoms with Gasteiger partial charge in [-0.25, -0.2) is 0 Å². The minimum absolute atomic E-state index is 0.968. The predicted molar refractivity (Wildman–Crippen MR) is 198 cm³/mol. The van der Waals surface area contributed by atoms with Crippen LogP contribution in [-0.4, -0.2) is 8.80 Å². The lowest BCUT2D eigenvalue weighted by atomic mass is 10.0. The van der Waals surface area contributed by atoms with Gasteiger partial charge in [0.25, 0.3) is 0 Å². The van der Waals surface area contributed by atoms with Crippen molar-refractivity contribution in [3.05, 3.63) is 133 Å². The van der Waals surface area contributed by atoms with Crippen molar-refractivity contribution >= 4 is 120 Å². The number of aromatic nitrogens is 2. The summed E-state index contributed by atoms with van der Waals surface area (Å²) in [6, 6.07) is 49.4. The highest BCUT2D eigenvalue weighted by Crippen LogP contribution is 2.48. The molecule has 0 aliphatic rings. The number of hydrogen-bond acceptors (Lipinski definition) is 1. The van der Waals surface area contributed by atoms with Gasteiger partial charge in [-0.05, 0) is 70.1 Å². The van der Waals surface area contributed by atoms with Gasteiger partial charge in [0.05, 0.1) is 43.9 Å². The fraction of sp³-hybridized carbons (Fsp3) is 0. The first kappa shape index (κ1) is 23.1. The number of hydrogen-bond donors (Lipinski definition) is 0. The summed E-state index contributed by atoms with van der Waals surface area (Å²) in [7, 11) is 0. The van der Waals surface area contributed by atoms with Gasteiger partial charge in [0, 0.05) is 43.1 Å². The highest BCUT2D eigenvalue weighted by atomic mass is 16.3. The summed E-state index contributed by atoms with van der Waals surface area (Å²) in [5.41, 5.74) is 9.34. The van der Waals surface area contributed by atoms with Crippen LogP contribution in [-0.2, 0) is 0 Å². The maximum atomic E-state index is 7.14. The van der Waals surface area contributed by atoms with Gasteiger partial charge in [0.15, 0.2) is 0 Å². The van der Waals surface area contributed by atoms with E-state index in [1.807, 2.05) is 0 Å². The third-order valence-corrected chi connectivity index (χ3v) is 11.1. The number of furan rings is 1. The van der Waals surface area contributed by atoms with Crippen LogP contribution in [0.3, 0.4) is 0 Å². The fourth-order valence-corrected chi connectivity index (χ4v) is 9.18. The standard InChI is InChI=1S/C44H22N2O/c1-3-9-25-21-37-33(19-23(25)7-1)27-11-5-13-31-39-35(45(37)41(27)31)17-15-29-30-16-18-36-40(44(30)47-43(29)39)32-14-6-12-28-34-20-24-8-2-4-10-26(24)22-38(34)46(36)42(28)32/h1-22H. The zero-order valence-electron chi connectivity index (χ0n) is 25.0. The Morgan fingerprint density at radius 1 is 0.319 bits per heavy atom. The van der Waals surface area contributed by atoms with Gasteiger partial charge in [0.1, 0.15) is 11.2 Å². The molecule has 0 saturated heterocycles. The minimum Gasteiger partial charge on any atom is -0.455 e. The van der Waals surface area contributed by atoms with Gasteiger partial charge in [-0.2, -0.15) is 0 Å². The Bertz CT molecular complexity index is 3290. The Kier molecular flexibility index (Phi) is 3.71. The van der Waals surface area contributed by atoms with E-state index in [9.17, 15) is 0 Å². The fourth-order valence-electron chi connectivity index (χ4n) is 9.18. The lowest BCUT2D eigenvalue weighted by Gasteiger charge is -2.02. The van der Waals surface area contributed by atoms with E-state index in [0.29, 0.717) is 0 Å². The molecular formula is C44H22N2O. The average molecular weight is 595 g/mol. The van der Waals surface area contributed by atoms with E-state index < -0.39 is 0 Å². The van der Waals surface area contributed by atoms with Crippen molar-refractivity contribution in [2.45, 2.75) is 0 Å². The molecule has 3 heteroatoms. The molecule has 0 spiro atoms. The van der Waals surface area contributed by atoms with Gasteiger partial charge in [-0.15, -0.1) is 0 Å². The molecule has 0 atom stereocenters. The molecule has 0 amide bonds. The number of para-hydroxylation sites is 2. The minimum atomic E-state index is 0.968. The maximum Gasteiger partial charge on any atom is 0.145 e. The third kappa shape index (κ3) is 2.51. The normalized spacial score (nSPS) is 13.1. The highest BCUT2D eigenvalue weighted by molar-refractivity contribution is 6.34. The molecule has 13 rings (SSSR count). The highest BCUT2D eigenvalue weighted by Gasteiger charge is 2.25. The lowest BCUT2D eigenvalue weighted by Crippen LogP contribution is -1.82. The monoisotopic (exact) mass is 594 g/mol. The molecule has 0 bridgehead atoms. The number of nitrogens with zero attached hydrogens (tertiary/aromatic N) is 2. The van der Waals surface area contributed by atoms with Crippen LogP contribution in [0.2, 0.25) is 0 Å². The number of rotatable bonds is 0. The Morgan fingerprint density at radius 2 is 0.745 bits per heavy atom. The summed E-state index contributed by atoms with van der Waals surface area (Å²) in [4.78, 5) is 0. The summed E-state index contributed by atoms with van der Waals surface area (Å²) in [6.45, 7) is 0. The summed E-state index contributed by atoms with van der Waals surface area (Å²) in [5, 5.41) is 17.4. The van der Waals surface area contributed by atoms with Crippen molar-refractivity contribution in [2.24, 2.45) is 0 Å². The second-order valence-corrected chi connectivity index (χ2v) is 13.3. The van der Waals surface area contributed by atoms with Crippen LogP contribution >= 0.6 is 0 Å². The van der Waals surface area contributed by atoms with E-state index in [0.717, 1.165) is 11.2 Å². The van der Waals surface area contributed by atoms with Gasteiger partial charge < -0.3 is 13.2 Å². The van der Waals surface area contributed by atoms with Crippen LogP contribution in [0.4, 0.5) is 0 Å². The zero-order chi connectivity index (χ0) is 30.1. The number of fused-ring (bicyclic) bond motifs is 19. The molecule has 0 aliphatic carbocycles.